The van der Waals surface area contributed by atoms with Gasteiger partial charge in [-0.2, -0.15) is 0 Å². The van der Waals surface area contributed by atoms with Gasteiger partial charge >= 0.3 is 0 Å². The van der Waals surface area contributed by atoms with Crippen LogP contribution in [0.25, 0.3) is 0 Å². The zero-order chi connectivity index (χ0) is 13.2. The molecule has 1 rings (SSSR count). The Kier molecular flexibility index (Phi) is 6.40. The summed E-state index contributed by atoms with van der Waals surface area (Å²) < 4.78 is 5.43. The highest BCUT2D eigenvalue weighted by Gasteiger charge is 2.00. The zero-order valence-corrected chi connectivity index (χ0v) is 10.7. The highest BCUT2D eigenvalue weighted by Crippen LogP contribution is 2.12. The van der Waals surface area contributed by atoms with Crippen molar-refractivity contribution < 1.29 is 9.53 Å². The molecule has 1 amide bonds. The topological polar surface area (TPSA) is 64.3 Å². The van der Waals surface area contributed by atoms with Gasteiger partial charge in [-0.15, -0.1) is 0 Å². The maximum Gasteiger partial charge on any atom is 0.223 e. The molecule has 0 bridgehead atoms. The number of amides is 1. The Morgan fingerprint density at radius 2 is 2.11 bits per heavy atom. The molecule has 18 heavy (non-hydrogen) atoms. The van der Waals surface area contributed by atoms with Crippen molar-refractivity contribution in [1.29, 1.82) is 0 Å². The monoisotopic (exact) mass is 248 g/mol. The quantitative estimate of drug-likeness (QED) is 0.441. The smallest absolute Gasteiger partial charge is 0.223 e. The maximum absolute atomic E-state index is 11.4. The average molecular weight is 248 g/mol. The lowest BCUT2D eigenvalue weighted by Crippen LogP contribution is -2.25. The summed E-state index contributed by atoms with van der Waals surface area (Å²) in [6, 6.07) is 7.12. The molecule has 4 nitrogen and oxygen atoms in total. The van der Waals surface area contributed by atoms with Crippen LogP contribution < -0.4 is 15.8 Å². The Balaban J connectivity index is 2.13. The lowest BCUT2D eigenvalue weighted by molar-refractivity contribution is -0.121. The van der Waals surface area contributed by atoms with Gasteiger partial charge in [0, 0.05) is 12.2 Å². The third-order valence-electron chi connectivity index (χ3n) is 2.35. The molecule has 98 valence electrons. The number of rotatable bonds is 7. The van der Waals surface area contributed by atoms with Gasteiger partial charge in [0.1, 0.15) is 5.75 Å². The summed E-state index contributed by atoms with van der Waals surface area (Å²) in [5.41, 5.74) is 6.26. The maximum atomic E-state index is 11.4. The molecule has 0 saturated heterocycles. The van der Waals surface area contributed by atoms with E-state index in [2.05, 4.69) is 5.32 Å². The molecule has 1 aromatic rings. The summed E-state index contributed by atoms with van der Waals surface area (Å²) >= 11 is 0. The minimum absolute atomic E-state index is 0.00921. The van der Waals surface area contributed by atoms with E-state index in [1.807, 2.05) is 19.1 Å². The van der Waals surface area contributed by atoms with Gasteiger partial charge in [0.25, 0.3) is 0 Å². The number of carbonyl (C=O) groups is 1. The molecular formula is C14H20N2O2. The first-order chi connectivity index (χ1) is 8.72. The van der Waals surface area contributed by atoms with Gasteiger partial charge in [-0.3, -0.25) is 4.79 Å². The first kappa shape index (κ1) is 14.1. The van der Waals surface area contributed by atoms with Crippen LogP contribution in [0.2, 0.25) is 0 Å². The van der Waals surface area contributed by atoms with Crippen molar-refractivity contribution in [3.8, 4) is 5.75 Å². The highest BCUT2D eigenvalue weighted by atomic mass is 16.5. The number of nitrogens with two attached hydrogens (primary N) is 1. The standard InChI is InChI=1S/C14H20N2O2/c1-2-3-4-10-16-14(17)9-11-18-13-7-5-12(15)6-8-13/h2-3,5-8H,4,9-11,15H2,1H3,(H,16,17)/b3-2+. The van der Waals surface area contributed by atoms with E-state index in [9.17, 15) is 4.79 Å². The molecule has 0 aliphatic heterocycles. The molecule has 0 aliphatic carbocycles. The number of anilines is 1. The highest BCUT2D eigenvalue weighted by molar-refractivity contribution is 5.75. The molecular weight excluding hydrogens is 228 g/mol. The summed E-state index contributed by atoms with van der Waals surface area (Å²) in [5.74, 6) is 0.737. The minimum Gasteiger partial charge on any atom is -0.493 e. The summed E-state index contributed by atoms with van der Waals surface area (Å²) in [4.78, 5) is 11.4. The molecule has 0 heterocycles. The van der Waals surface area contributed by atoms with E-state index >= 15 is 0 Å². The van der Waals surface area contributed by atoms with E-state index in [1.54, 1.807) is 24.3 Å². The molecule has 0 spiro atoms. The molecule has 1 aromatic carbocycles. The predicted octanol–water partition coefficient (Wildman–Crippen LogP) is 2.12. The summed E-state index contributed by atoms with van der Waals surface area (Å²) in [5, 5.41) is 2.82. The van der Waals surface area contributed by atoms with Gasteiger partial charge in [-0.25, -0.2) is 0 Å². The largest absolute Gasteiger partial charge is 0.493 e. The fourth-order valence-corrected chi connectivity index (χ4v) is 1.38. The van der Waals surface area contributed by atoms with Crippen molar-refractivity contribution in [2.24, 2.45) is 0 Å². The van der Waals surface area contributed by atoms with Crippen molar-refractivity contribution in [3.63, 3.8) is 0 Å². The fraction of sp³-hybridized carbons (Fsp3) is 0.357. The van der Waals surface area contributed by atoms with E-state index in [4.69, 9.17) is 10.5 Å². The Bertz CT molecular complexity index is 385. The summed E-state index contributed by atoms with van der Waals surface area (Å²) in [6.07, 6.45) is 5.21. The van der Waals surface area contributed by atoms with E-state index in [1.165, 1.54) is 0 Å². The Hall–Kier alpha value is -1.97. The average Bonchev–Trinajstić information content (AvgIpc) is 2.37. The van der Waals surface area contributed by atoms with Crippen LogP contribution in [0, 0.1) is 0 Å². The van der Waals surface area contributed by atoms with Gasteiger partial charge in [-0.1, -0.05) is 12.2 Å². The van der Waals surface area contributed by atoms with E-state index < -0.39 is 0 Å². The second kappa shape index (κ2) is 8.17. The number of nitrogen functional groups attached to an aromatic ring is 1. The lowest BCUT2D eigenvalue weighted by Gasteiger charge is -2.06. The van der Waals surface area contributed by atoms with Crippen LogP contribution in [-0.4, -0.2) is 19.1 Å². The molecule has 0 unspecified atom stereocenters. The van der Waals surface area contributed by atoms with Crippen LogP contribution in [0.4, 0.5) is 5.69 Å². The molecule has 4 heteroatoms. The van der Waals surface area contributed by atoms with Crippen molar-refractivity contribution in [3.05, 3.63) is 36.4 Å². The molecule has 0 atom stereocenters. The van der Waals surface area contributed by atoms with Gasteiger partial charge in [0.15, 0.2) is 0 Å². The lowest BCUT2D eigenvalue weighted by atomic mass is 10.3. The van der Waals surface area contributed by atoms with E-state index in [-0.39, 0.29) is 5.91 Å². The molecule has 0 aromatic heterocycles. The zero-order valence-electron chi connectivity index (χ0n) is 10.7. The van der Waals surface area contributed by atoms with Gasteiger partial charge in [0.2, 0.25) is 5.91 Å². The van der Waals surface area contributed by atoms with Crippen molar-refractivity contribution in [2.75, 3.05) is 18.9 Å². The number of hydrogen-bond donors (Lipinski definition) is 2. The van der Waals surface area contributed by atoms with Crippen molar-refractivity contribution in [1.82, 2.24) is 5.32 Å². The van der Waals surface area contributed by atoms with Gasteiger partial charge in [0.05, 0.1) is 13.0 Å². The molecule has 0 radical (unpaired) electrons. The first-order valence-electron chi connectivity index (χ1n) is 6.08. The van der Waals surface area contributed by atoms with Crippen LogP contribution in [0.5, 0.6) is 5.75 Å². The SMILES string of the molecule is C/C=C/CCNC(=O)CCOc1ccc(N)cc1. The second-order valence-electron chi connectivity index (χ2n) is 3.88. The van der Waals surface area contributed by atoms with E-state index in [0.29, 0.717) is 25.3 Å². The Labute approximate surface area is 108 Å². The van der Waals surface area contributed by atoms with Crippen LogP contribution in [-0.2, 0) is 4.79 Å². The number of allylic oxidation sites excluding steroid dienone is 1. The fourth-order valence-electron chi connectivity index (χ4n) is 1.38. The molecule has 3 N–H and O–H groups in total. The van der Waals surface area contributed by atoms with Crippen LogP contribution in [0.3, 0.4) is 0 Å². The number of carbonyl (C=O) groups excluding carboxylic acids is 1. The number of benzene rings is 1. The second-order valence-corrected chi connectivity index (χ2v) is 3.88. The van der Waals surface area contributed by atoms with Crippen molar-refractivity contribution >= 4 is 11.6 Å². The third-order valence-corrected chi connectivity index (χ3v) is 2.35. The van der Waals surface area contributed by atoms with E-state index in [0.717, 1.165) is 12.2 Å². The Morgan fingerprint density at radius 3 is 2.78 bits per heavy atom. The van der Waals surface area contributed by atoms with Gasteiger partial charge in [-0.05, 0) is 37.6 Å². The molecule has 0 aliphatic rings. The third kappa shape index (κ3) is 5.94. The van der Waals surface area contributed by atoms with Gasteiger partial charge < -0.3 is 15.8 Å². The summed E-state index contributed by atoms with van der Waals surface area (Å²) in [6.45, 7) is 3.01. The number of ether oxygens (including phenoxy) is 1. The number of nitrogens with one attached hydrogen (secondary N) is 1. The van der Waals surface area contributed by atoms with Crippen LogP contribution in [0.15, 0.2) is 36.4 Å². The molecule has 0 saturated carbocycles. The van der Waals surface area contributed by atoms with Crippen LogP contribution in [0.1, 0.15) is 19.8 Å². The normalized spacial score (nSPS) is 10.5. The minimum atomic E-state index is 0.00921. The number of hydrogen-bond acceptors (Lipinski definition) is 3. The molecule has 0 fully saturated rings. The summed E-state index contributed by atoms with van der Waals surface area (Å²) in [7, 11) is 0. The first-order valence-corrected chi connectivity index (χ1v) is 6.08. The van der Waals surface area contributed by atoms with Crippen LogP contribution >= 0.6 is 0 Å². The predicted molar refractivity (Wildman–Crippen MR) is 73.4 cm³/mol. The Morgan fingerprint density at radius 1 is 1.39 bits per heavy atom. The van der Waals surface area contributed by atoms with Crippen molar-refractivity contribution in [2.45, 2.75) is 19.8 Å².